The topological polar surface area (TPSA) is 81.8 Å². The molecule has 1 atom stereocenters. The van der Waals surface area contributed by atoms with Gasteiger partial charge in [0.15, 0.2) is 0 Å². The van der Waals surface area contributed by atoms with Crippen LogP contribution in [0.2, 0.25) is 0 Å². The van der Waals surface area contributed by atoms with Crippen LogP contribution in [-0.4, -0.2) is 43.5 Å². The van der Waals surface area contributed by atoms with Gasteiger partial charge in [0, 0.05) is 12.6 Å². The third-order valence-corrected chi connectivity index (χ3v) is 1.32. The fraction of sp³-hybridized carbons (Fsp3) is 0.875. The number of carbonyl (C=O) groups is 1. The molecular weight excluding hydrogens is 174 g/mol. The van der Waals surface area contributed by atoms with Crippen LogP contribution in [0.5, 0.6) is 0 Å². The maximum atomic E-state index is 10.00. The van der Waals surface area contributed by atoms with E-state index in [1.807, 2.05) is 6.92 Å². The standard InChI is InChI=1S/C8H17NO4/c1-7(9)2-3-12-4-5-13-6-8(10)11/h7H,2-6,9H2,1H3,(H,10,11). The third-order valence-electron chi connectivity index (χ3n) is 1.32. The molecule has 0 rings (SSSR count). The number of rotatable bonds is 8. The van der Waals surface area contributed by atoms with Crippen molar-refractivity contribution in [1.29, 1.82) is 0 Å². The van der Waals surface area contributed by atoms with E-state index in [-0.39, 0.29) is 12.6 Å². The van der Waals surface area contributed by atoms with Gasteiger partial charge in [-0.3, -0.25) is 0 Å². The molecule has 3 N–H and O–H groups in total. The lowest BCUT2D eigenvalue weighted by Gasteiger charge is -2.06. The van der Waals surface area contributed by atoms with Crippen LogP contribution >= 0.6 is 0 Å². The summed E-state index contributed by atoms with van der Waals surface area (Å²) in [6.45, 7) is 2.96. The average Bonchev–Trinajstić information content (AvgIpc) is 2.01. The van der Waals surface area contributed by atoms with Gasteiger partial charge in [-0.15, -0.1) is 0 Å². The Morgan fingerprint density at radius 1 is 1.38 bits per heavy atom. The molecule has 13 heavy (non-hydrogen) atoms. The zero-order chi connectivity index (χ0) is 10.1. The molecule has 0 heterocycles. The molecule has 0 amide bonds. The summed E-state index contributed by atoms with van der Waals surface area (Å²) in [6, 6.07) is 0.139. The first-order valence-electron chi connectivity index (χ1n) is 4.25. The molecule has 0 saturated heterocycles. The quantitative estimate of drug-likeness (QED) is 0.521. The van der Waals surface area contributed by atoms with Crippen molar-refractivity contribution in [1.82, 2.24) is 0 Å². The van der Waals surface area contributed by atoms with Crippen molar-refractivity contribution in [3.05, 3.63) is 0 Å². The third kappa shape index (κ3) is 11.3. The highest BCUT2D eigenvalue weighted by atomic mass is 16.5. The Kier molecular flexibility index (Phi) is 7.57. The smallest absolute Gasteiger partial charge is 0.329 e. The van der Waals surface area contributed by atoms with Gasteiger partial charge in [-0.05, 0) is 13.3 Å². The number of hydrogen-bond acceptors (Lipinski definition) is 4. The van der Waals surface area contributed by atoms with E-state index >= 15 is 0 Å². The van der Waals surface area contributed by atoms with Gasteiger partial charge in [0.25, 0.3) is 0 Å². The molecule has 1 unspecified atom stereocenters. The molecule has 0 aromatic rings. The number of carboxylic acids is 1. The lowest BCUT2D eigenvalue weighted by Crippen LogP contribution is -2.18. The predicted octanol–water partition coefficient (Wildman–Crippen LogP) is -0.158. The summed E-state index contributed by atoms with van der Waals surface area (Å²) in [7, 11) is 0. The summed E-state index contributed by atoms with van der Waals surface area (Å²) >= 11 is 0. The van der Waals surface area contributed by atoms with E-state index in [9.17, 15) is 4.79 Å². The van der Waals surface area contributed by atoms with Crippen LogP contribution in [0.3, 0.4) is 0 Å². The largest absolute Gasteiger partial charge is 0.480 e. The lowest BCUT2D eigenvalue weighted by molar-refractivity contribution is -0.142. The zero-order valence-corrected chi connectivity index (χ0v) is 7.86. The fourth-order valence-corrected chi connectivity index (χ4v) is 0.649. The van der Waals surface area contributed by atoms with Crippen molar-refractivity contribution < 1.29 is 19.4 Å². The second-order valence-electron chi connectivity index (χ2n) is 2.82. The molecule has 0 spiro atoms. The Hall–Kier alpha value is -0.650. The summed E-state index contributed by atoms with van der Waals surface area (Å²) in [5, 5.41) is 8.21. The second kappa shape index (κ2) is 7.97. The fourth-order valence-electron chi connectivity index (χ4n) is 0.649. The molecule has 0 aliphatic rings. The van der Waals surface area contributed by atoms with E-state index in [1.54, 1.807) is 0 Å². The van der Waals surface area contributed by atoms with Crippen molar-refractivity contribution in [2.24, 2.45) is 5.73 Å². The monoisotopic (exact) mass is 191 g/mol. The van der Waals surface area contributed by atoms with Gasteiger partial charge in [0.1, 0.15) is 6.61 Å². The zero-order valence-electron chi connectivity index (χ0n) is 7.86. The van der Waals surface area contributed by atoms with Crippen LogP contribution in [0.1, 0.15) is 13.3 Å². The molecule has 0 saturated carbocycles. The van der Waals surface area contributed by atoms with Crippen molar-refractivity contribution in [2.45, 2.75) is 19.4 Å². The van der Waals surface area contributed by atoms with Gasteiger partial charge in [-0.1, -0.05) is 0 Å². The van der Waals surface area contributed by atoms with E-state index in [0.717, 1.165) is 6.42 Å². The van der Waals surface area contributed by atoms with Crippen LogP contribution in [-0.2, 0) is 14.3 Å². The second-order valence-corrected chi connectivity index (χ2v) is 2.82. The van der Waals surface area contributed by atoms with Gasteiger partial charge in [0.05, 0.1) is 13.2 Å². The van der Waals surface area contributed by atoms with Gasteiger partial charge in [-0.25, -0.2) is 4.79 Å². The summed E-state index contributed by atoms with van der Waals surface area (Å²) in [5.41, 5.74) is 5.48. The molecule has 0 fully saturated rings. The Labute approximate surface area is 77.8 Å². The van der Waals surface area contributed by atoms with Gasteiger partial charge >= 0.3 is 5.97 Å². The van der Waals surface area contributed by atoms with Crippen LogP contribution in [0.15, 0.2) is 0 Å². The number of aliphatic carboxylic acids is 1. The van der Waals surface area contributed by atoms with E-state index in [1.165, 1.54) is 0 Å². The first-order chi connectivity index (χ1) is 6.13. The van der Waals surface area contributed by atoms with Gasteiger partial charge in [-0.2, -0.15) is 0 Å². The van der Waals surface area contributed by atoms with E-state index < -0.39 is 5.97 Å². The molecule has 0 radical (unpaired) electrons. The molecule has 0 aliphatic carbocycles. The minimum absolute atomic E-state index is 0.139. The molecule has 0 aromatic carbocycles. The molecule has 5 heteroatoms. The average molecular weight is 191 g/mol. The van der Waals surface area contributed by atoms with E-state index in [0.29, 0.717) is 19.8 Å². The summed E-state index contributed by atoms with van der Waals surface area (Å²) in [5.74, 6) is -0.962. The minimum Gasteiger partial charge on any atom is -0.480 e. The Balaban J connectivity index is 2.96. The van der Waals surface area contributed by atoms with Crippen molar-refractivity contribution in [3.8, 4) is 0 Å². The lowest BCUT2D eigenvalue weighted by atomic mass is 10.3. The number of carboxylic acid groups (broad SMARTS) is 1. The summed E-state index contributed by atoms with van der Waals surface area (Å²) in [4.78, 5) is 10.00. The van der Waals surface area contributed by atoms with Crippen LogP contribution in [0.4, 0.5) is 0 Å². The number of hydrogen-bond donors (Lipinski definition) is 2. The first kappa shape index (κ1) is 12.3. The Morgan fingerprint density at radius 3 is 2.54 bits per heavy atom. The maximum Gasteiger partial charge on any atom is 0.329 e. The highest BCUT2D eigenvalue weighted by molar-refractivity contribution is 5.67. The highest BCUT2D eigenvalue weighted by Crippen LogP contribution is 1.87. The highest BCUT2D eigenvalue weighted by Gasteiger charge is 1.96. The van der Waals surface area contributed by atoms with E-state index in [2.05, 4.69) is 0 Å². The van der Waals surface area contributed by atoms with Crippen LogP contribution in [0.25, 0.3) is 0 Å². The first-order valence-corrected chi connectivity index (χ1v) is 4.25. The normalized spacial score (nSPS) is 12.8. The number of nitrogens with two attached hydrogens (primary N) is 1. The molecule has 0 aliphatic heterocycles. The molecule has 78 valence electrons. The summed E-state index contributed by atoms with van der Waals surface area (Å²) in [6.07, 6.45) is 0.804. The Bertz CT molecular complexity index is 138. The van der Waals surface area contributed by atoms with E-state index in [4.69, 9.17) is 20.3 Å². The maximum absolute atomic E-state index is 10.00. The minimum atomic E-state index is -0.962. The molecule has 0 aromatic heterocycles. The molecular formula is C8H17NO4. The van der Waals surface area contributed by atoms with Crippen LogP contribution < -0.4 is 5.73 Å². The summed E-state index contributed by atoms with van der Waals surface area (Å²) < 4.78 is 9.87. The van der Waals surface area contributed by atoms with Gasteiger partial charge < -0.3 is 20.3 Å². The molecule has 0 bridgehead atoms. The Morgan fingerprint density at radius 2 is 2.00 bits per heavy atom. The van der Waals surface area contributed by atoms with Gasteiger partial charge in [0.2, 0.25) is 0 Å². The van der Waals surface area contributed by atoms with Crippen molar-refractivity contribution in [3.63, 3.8) is 0 Å². The predicted molar refractivity (Wildman–Crippen MR) is 47.5 cm³/mol. The number of ether oxygens (including phenoxy) is 2. The van der Waals surface area contributed by atoms with Crippen LogP contribution in [0, 0.1) is 0 Å². The van der Waals surface area contributed by atoms with Crippen molar-refractivity contribution >= 4 is 5.97 Å². The van der Waals surface area contributed by atoms with Crippen molar-refractivity contribution in [2.75, 3.05) is 26.4 Å². The SMILES string of the molecule is CC(N)CCOCCOCC(=O)O. The molecule has 5 nitrogen and oxygen atoms in total.